The molecular weight excluding hydrogens is 167 g/mol. The molecule has 2 aromatic heterocycles. The summed E-state index contributed by atoms with van der Waals surface area (Å²) in [7, 11) is 0. The fourth-order valence-corrected chi connectivity index (χ4v) is 0.911. The summed E-state index contributed by atoms with van der Waals surface area (Å²) in [6.45, 7) is 1.79. The molecule has 0 aliphatic heterocycles. The topological polar surface area (TPSA) is 63.3 Å². The third-order valence-electron chi connectivity index (χ3n) is 1.36. The van der Waals surface area contributed by atoms with Gasteiger partial charge in [-0.05, 0) is 6.92 Å². The summed E-state index contributed by atoms with van der Waals surface area (Å²) in [5.74, 6) is 0.479. The van der Waals surface area contributed by atoms with E-state index in [4.69, 9.17) is 0 Å². The first-order chi connectivity index (χ1) is 5.27. The van der Waals surface area contributed by atoms with E-state index in [9.17, 15) is 5.11 Å². The van der Waals surface area contributed by atoms with Crippen molar-refractivity contribution in [1.82, 2.24) is 19.6 Å². The van der Waals surface area contributed by atoms with Gasteiger partial charge in [-0.2, -0.15) is 14.6 Å². The van der Waals surface area contributed by atoms with Crippen molar-refractivity contribution < 1.29 is 5.11 Å². The normalized spacial score (nSPS) is 9.75. The van der Waals surface area contributed by atoms with Crippen LogP contribution in [0.2, 0.25) is 0 Å². The van der Waals surface area contributed by atoms with E-state index in [1.165, 1.54) is 16.9 Å². The molecule has 12 heavy (non-hydrogen) atoms. The molecule has 2 aromatic rings. The monoisotopic (exact) mass is 174 g/mol. The van der Waals surface area contributed by atoms with Gasteiger partial charge in [-0.1, -0.05) is 0 Å². The van der Waals surface area contributed by atoms with Crippen molar-refractivity contribution in [2.24, 2.45) is 0 Å². The molecule has 2 heterocycles. The van der Waals surface area contributed by atoms with Gasteiger partial charge in [-0.25, -0.2) is 4.98 Å². The molecule has 6 heteroatoms. The van der Waals surface area contributed by atoms with Crippen LogP contribution in [0.25, 0.3) is 5.78 Å². The van der Waals surface area contributed by atoms with Crippen LogP contribution in [0.4, 0.5) is 0 Å². The van der Waals surface area contributed by atoms with Gasteiger partial charge in [0.15, 0.2) is 0 Å². The second-order valence-corrected chi connectivity index (χ2v) is 2.23. The number of aryl methyl sites for hydroxylation is 1. The van der Waals surface area contributed by atoms with Crippen LogP contribution in [0.1, 0.15) is 5.69 Å². The predicted octanol–water partition coefficient (Wildman–Crippen LogP) is -0.510. The predicted molar refractivity (Wildman–Crippen MR) is 44.3 cm³/mol. The molecule has 0 saturated heterocycles. The number of aromatic nitrogens is 4. The van der Waals surface area contributed by atoms with Crippen molar-refractivity contribution in [3.8, 4) is 5.88 Å². The molecule has 1 N–H and O–H groups in total. The number of fused-ring (bicyclic) bond motifs is 1. The molecule has 0 aliphatic carbocycles. The van der Waals surface area contributed by atoms with E-state index in [0.29, 0.717) is 5.78 Å². The van der Waals surface area contributed by atoms with Crippen LogP contribution in [-0.2, 0) is 0 Å². The molecule has 0 bridgehead atoms. The molecule has 0 aliphatic rings. The zero-order valence-electron chi connectivity index (χ0n) is 5.89. The van der Waals surface area contributed by atoms with E-state index in [-0.39, 0.29) is 35.4 Å². The molecule has 0 radical (unpaired) electrons. The van der Waals surface area contributed by atoms with Crippen molar-refractivity contribution in [3.63, 3.8) is 0 Å². The molecule has 58 valence electrons. The van der Waals surface area contributed by atoms with Gasteiger partial charge in [-0.3, -0.25) is 0 Å². The number of hydrogen-bond donors (Lipinski definition) is 1. The second kappa shape index (κ2) is 3.38. The van der Waals surface area contributed by atoms with E-state index in [0.717, 1.165) is 5.69 Å². The van der Waals surface area contributed by atoms with Crippen molar-refractivity contribution >= 4 is 35.3 Å². The zero-order valence-corrected chi connectivity index (χ0v) is 5.89. The Morgan fingerprint density at radius 1 is 1.50 bits per heavy atom. The summed E-state index contributed by atoms with van der Waals surface area (Å²) < 4.78 is 1.27. The van der Waals surface area contributed by atoms with Gasteiger partial charge >= 0.3 is 29.6 Å². The Balaban J connectivity index is 0.000000720. The Morgan fingerprint density at radius 3 is 3.00 bits per heavy atom. The fourth-order valence-electron chi connectivity index (χ4n) is 0.911. The molecule has 0 fully saturated rings. The van der Waals surface area contributed by atoms with Crippen molar-refractivity contribution in [1.29, 1.82) is 0 Å². The van der Waals surface area contributed by atoms with E-state index in [2.05, 4.69) is 15.1 Å². The number of aromatic hydroxyl groups is 1. The molecule has 2 rings (SSSR count). The molecule has 0 spiro atoms. The fraction of sp³-hybridized carbons (Fsp3) is 0.167. The Bertz CT molecular complexity index is 399. The summed E-state index contributed by atoms with van der Waals surface area (Å²) in [5, 5.41) is 13.0. The van der Waals surface area contributed by atoms with Gasteiger partial charge in [-0.15, -0.1) is 0 Å². The van der Waals surface area contributed by atoms with Gasteiger partial charge in [0, 0.05) is 11.8 Å². The Morgan fingerprint density at radius 2 is 2.25 bits per heavy atom. The first kappa shape index (κ1) is 9.44. The van der Waals surface area contributed by atoms with Gasteiger partial charge in [0.2, 0.25) is 5.88 Å². The molecule has 0 amide bonds. The van der Waals surface area contributed by atoms with Crippen LogP contribution >= 0.6 is 0 Å². The van der Waals surface area contributed by atoms with Crippen molar-refractivity contribution in [2.75, 3.05) is 0 Å². The minimum atomic E-state index is 0. The second-order valence-electron chi connectivity index (χ2n) is 2.23. The Labute approximate surface area is 90.7 Å². The van der Waals surface area contributed by atoms with E-state index < -0.39 is 0 Å². The number of nitrogens with zero attached hydrogens (tertiary/aromatic N) is 4. The van der Waals surface area contributed by atoms with E-state index >= 15 is 0 Å². The maximum absolute atomic E-state index is 9.26. The summed E-state index contributed by atoms with van der Waals surface area (Å²) in [6.07, 6.45) is 1.35. The van der Waals surface area contributed by atoms with Crippen molar-refractivity contribution in [2.45, 2.75) is 6.92 Å². The summed E-state index contributed by atoms with van der Waals surface area (Å²) >= 11 is 0. The zero-order chi connectivity index (χ0) is 7.84. The summed E-state index contributed by atoms with van der Waals surface area (Å²) in [6, 6.07) is 1.53. The molecule has 0 saturated carbocycles. The first-order valence-electron chi connectivity index (χ1n) is 3.14. The third-order valence-corrected chi connectivity index (χ3v) is 1.36. The summed E-state index contributed by atoms with van der Waals surface area (Å²) in [4.78, 5) is 7.85. The van der Waals surface area contributed by atoms with Crippen LogP contribution in [0.3, 0.4) is 0 Å². The minimum absolute atomic E-state index is 0. The summed E-state index contributed by atoms with van der Waals surface area (Å²) in [5.41, 5.74) is 0.725. The average Bonchev–Trinajstić information content (AvgIpc) is 2.34. The Kier molecular flexibility index (Phi) is 2.66. The number of rotatable bonds is 0. The standard InChI is InChI=1S/C6H6N4O.Na.H/c1-4-2-5(11)10-6(9-4)7-3-8-10;;/h2-3,11H,1H3;;. The molecule has 5 nitrogen and oxygen atoms in total. The molecular formula is C6H7N4NaO. The van der Waals surface area contributed by atoms with Crippen LogP contribution in [-0.4, -0.2) is 54.2 Å². The van der Waals surface area contributed by atoms with Crippen LogP contribution < -0.4 is 0 Å². The van der Waals surface area contributed by atoms with Crippen LogP contribution in [0.15, 0.2) is 12.4 Å². The average molecular weight is 174 g/mol. The maximum atomic E-state index is 9.26. The molecule has 0 aromatic carbocycles. The van der Waals surface area contributed by atoms with E-state index in [1.54, 1.807) is 6.92 Å². The van der Waals surface area contributed by atoms with Gasteiger partial charge in [0.1, 0.15) is 6.33 Å². The first-order valence-corrected chi connectivity index (χ1v) is 3.14. The Hall–Kier alpha value is -0.650. The quantitative estimate of drug-likeness (QED) is 0.546. The van der Waals surface area contributed by atoms with Crippen LogP contribution in [0, 0.1) is 6.92 Å². The van der Waals surface area contributed by atoms with Gasteiger partial charge in [0.05, 0.1) is 0 Å². The molecule has 0 atom stereocenters. The van der Waals surface area contributed by atoms with Gasteiger partial charge < -0.3 is 5.11 Å². The third kappa shape index (κ3) is 1.43. The number of hydrogen-bond acceptors (Lipinski definition) is 4. The molecule has 0 unspecified atom stereocenters. The SMILES string of the molecule is Cc1cc(O)n2ncnc2n1.[NaH]. The van der Waals surface area contributed by atoms with Gasteiger partial charge in [0.25, 0.3) is 5.78 Å². The van der Waals surface area contributed by atoms with Crippen LogP contribution in [0.5, 0.6) is 5.88 Å². The van der Waals surface area contributed by atoms with Crippen molar-refractivity contribution in [3.05, 3.63) is 18.1 Å². The van der Waals surface area contributed by atoms with E-state index in [1.807, 2.05) is 0 Å².